The van der Waals surface area contributed by atoms with Crippen molar-refractivity contribution in [1.29, 1.82) is 0 Å². The van der Waals surface area contributed by atoms with Gasteiger partial charge >= 0.3 is 0 Å². The number of benzene rings is 1. The lowest BCUT2D eigenvalue weighted by atomic mass is 10.1. The fourth-order valence-electron chi connectivity index (χ4n) is 1.11. The maximum absolute atomic E-state index is 12.5. The maximum Gasteiger partial charge on any atom is 0.234 e. The van der Waals surface area contributed by atoms with Crippen LogP contribution in [0.25, 0.3) is 0 Å². The number of hydrogen-bond acceptors (Lipinski definition) is 2. The molecule has 0 aliphatic rings. The molecule has 4 heteroatoms. The molecule has 1 aromatic rings. The zero-order valence-corrected chi connectivity index (χ0v) is 8.01. The van der Waals surface area contributed by atoms with Gasteiger partial charge in [0.15, 0.2) is 0 Å². The summed E-state index contributed by atoms with van der Waals surface area (Å²) in [4.78, 5) is 11.0. The van der Waals surface area contributed by atoms with E-state index in [0.29, 0.717) is 12.8 Å². The van der Waals surface area contributed by atoms with Gasteiger partial charge in [-0.3, -0.25) is 10.2 Å². The van der Waals surface area contributed by atoms with E-state index in [1.807, 2.05) is 0 Å². The number of rotatable bonds is 4. The first-order chi connectivity index (χ1) is 6.72. The Kier molecular flexibility index (Phi) is 4.07. The van der Waals surface area contributed by atoms with Crippen molar-refractivity contribution in [1.82, 2.24) is 10.9 Å². The molecular formula is C10H13FN2O. The van der Waals surface area contributed by atoms with Crippen LogP contribution in [0.4, 0.5) is 4.39 Å². The smallest absolute Gasteiger partial charge is 0.234 e. The first-order valence-electron chi connectivity index (χ1n) is 4.42. The Morgan fingerprint density at radius 2 is 2.00 bits per heavy atom. The molecule has 0 radical (unpaired) electrons. The number of carbonyl (C=O) groups excluding carboxylic acids is 1. The standard InChI is InChI=1S/C10H13FN2O/c1-12-13-10(14)7-4-8-2-5-9(11)6-3-8/h2-3,5-6,12H,4,7H2,1H3,(H,13,14). The van der Waals surface area contributed by atoms with Crippen molar-refractivity contribution in [2.24, 2.45) is 0 Å². The van der Waals surface area contributed by atoms with Crippen molar-refractivity contribution in [2.75, 3.05) is 7.05 Å². The summed E-state index contributed by atoms with van der Waals surface area (Å²) in [6.07, 6.45) is 1.01. The van der Waals surface area contributed by atoms with Crippen LogP contribution in [0.2, 0.25) is 0 Å². The maximum atomic E-state index is 12.5. The molecule has 0 saturated carbocycles. The molecule has 0 unspecified atom stereocenters. The molecule has 0 spiro atoms. The Bertz CT molecular complexity index is 297. The molecule has 14 heavy (non-hydrogen) atoms. The van der Waals surface area contributed by atoms with Crippen LogP contribution in [0.3, 0.4) is 0 Å². The van der Waals surface area contributed by atoms with Crippen molar-refractivity contribution in [2.45, 2.75) is 12.8 Å². The zero-order valence-electron chi connectivity index (χ0n) is 8.01. The molecule has 1 rings (SSSR count). The fraction of sp³-hybridized carbons (Fsp3) is 0.300. The van der Waals surface area contributed by atoms with E-state index in [9.17, 15) is 9.18 Å². The van der Waals surface area contributed by atoms with Crippen LogP contribution >= 0.6 is 0 Å². The first-order valence-corrected chi connectivity index (χ1v) is 4.42. The van der Waals surface area contributed by atoms with E-state index in [-0.39, 0.29) is 11.7 Å². The molecule has 3 nitrogen and oxygen atoms in total. The Balaban J connectivity index is 2.38. The van der Waals surface area contributed by atoms with Gasteiger partial charge in [-0.05, 0) is 24.1 Å². The van der Waals surface area contributed by atoms with Crippen LogP contribution in [0.1, 0.15) is 12.0 Å². The molecule has 76 valence electrons. The molecule has 0 heterocycles. The number of amides is 1. The molecule has 2 N–H and O–H groups in total. The zero-order chi connectivity index (χ0) is 10.4. The Hall–Kier alpha value is -1.42. The van der Waals surface area contributed by atoms with Crippen molar-refractivity contribution in [3.8, 4) is 0 Å². The number of carbonyl (C=O) groups is 1. The van der Waals surface area contributed by atoms with Gasteiger partial charge in [-0.1, -0.05) is 12.1 Å². The number of hydrazine groups is 1. The third-order valence-electron chi connectivity index (χ3n) is 1.82. The van der Waals surface area contributed by atoms with E-state index < -0.39 is 0 Å². The summed E-state index contributed by atoms with van der Waals surface area (Å²) < 4.78 is 12.5. The Morgan fingerprint density at radius 1 is 1.36 bits per heavy atom. The summed E-state index contributed by atoms with van der Waals surface area (Å²) in [7, 11) is 1.63. The number of aryl methyl sites for hydroxylation is 1. The van der Waals surface area contributed by atoms with Crippen LogP contribution in [0.5, 0.6) is 0 Å². The minimum absolute atomic E-state index is 0.0724. The highest BCUT2D eigenvalue weighted by molar-refractivity contribution is 5.75. The molecule has 1 amide bonds. The van der Waals surface area contributed by atoms with Crippen molar-refractivity contribution >= 4 is 5.91 Å². The molecular weight excluding hydrogens is 183 g/mol. The normalized spacial score (nSPS) is 9.86. The highest BCUT2D eigenvalue weighted by Crippen LogP contribution is 2.04. The van der Waals surface area contributed by atoms with Crippen molar-refractivity contribution < 1.29 is 9.18 Å². The average molecular weight is 196 g/mol. The number of hydrogen-bond donors (Lipinski definition) is 2. The van der Waals surface area contributed by atoms with Gasteiger partial charge in [0, 0.05) is 13.5 Å². The van der Waals surface area contributed by atoms with Crippen molar-refractivity contribution in [3.05, 3.63) is 35.6 Å². The monoisotopic (exact) mass is 196 g/mol. The summed E-state index contributed by atoms with van der Waals surface area (Å²) in [6, 6.07) is 6.15. The van der Waals surface area contributed by atoms with Crippen LogP contribution in [-0.4, -0.2) is 13.0 Å². The minimum atomic E-state index is -0.256. The largest absolute Gasteiger partial charge is 0.292 e. The molecule has 0 atom stereocenters. The summed E-state index contributed by atoms with van der Waals surface area (Å²) in [5, 5.41) is 0. The fourth-order valence-corrected chi connectivity index (χ4v) is 1.11. The third kappa shape index (κ3) is 3.53. The van der Waals surface area contributed by atoms with Crippen LogP contribution in [0.15, 0.2) is 24.3 Å². The second-order valence-electron chi connectivity index (χ2n) is 2.92. The summed E-state index contributed by atoms with van der Waals surface area (Å²) in [5.74, 6) is -0.328. The van der Waals surface area contributed by atoms with Gasteiger partial charge in [0.25, 0.3) is 0 Å². The van der Waals surface area contributed by atoms with E-state index in [1.54, 1.807) is 19.2 Å². The molecule has 0 saturated heterocycles. The van der Waals surface area contributed by atoms with Gasteiger partial charge in [0.2, 0.25) is 5.91 Å². The van der Waals surface area contributed by atoms with Gasteiger partial charge in [0.05, 0.1) is 0 Å². The van der Waals surface area contributed by atoms with Crippen LogP contribution in [-0.2, 0) is 11.2 Å². The molecule has 0 aliphatic carbocycles. The lowest BCUT2D eigenvalue weighted by Crippen LogP contribution is -2.34. The predicted molar refractivity (Wildman–Crippen MR) is 51.9 cm³/mol. The average Bonchev–Trinajstić information content (AvgIpc) is 2.17. The SMILES string of the molecule is CNNC(=O)CCc1ccc(F)cc1. The molecule has 0 bridgehead atoms. The molecule has 1 aromatic carbocycles. The second-order valence-corrected chi connectivity index (χ2v) is 2.92. The summed E-state index contributed by atoms with van der Waals surface area (Å²) >= 11 is 0. The van der Waals surface area contributed by atoms with Gasteiger partial charge < -0.3 is 0 Å². The Labute approximate surface area is 82.3 Å². The number of halogens is 1. The lowest BCUT2D eigenvalue weighted by Gasteiger charge is -2.02. The van der Waals surface area contributed by atoms with E-state index in [4.69, 9.17) is 0 Å². The van der Waals surface area contributed by atoms with E-state index >= 15 is 0 Å². The first kappa shape index (κ1) is 10.7. The predicted octanol–water partition coefficient (Wildman–Crippen LogP) is 1.01. The minimum Gasteiger partial charge on any atom is -0.292 e. The molecule has 0 fully saturated rings. The molecule has 0 aromatic heterocycles. The van der Waals surface area contributed by atoms with E-state index in [1.165, 1.54) is 12.1 Å². The lowest BCUT2D eigenvalue weighted by molar-refractivity contribution is -0.121. The van der Waals surface area contributed by atoms with Crippen molar-refractivity contribution in [3.63, 3.8) is 0 Å². The van der Waals surface area contributed by atoms with Gasteiger partial charge in [-0.15, -0.1) is 0 Å². The van der Waals surface area contributed by atoms with Gasteiger partial charge in [-0.25, -0.2) is 9.82 Å². The van der Waals surface area contributed by atoms with Crippen LogP contribution < -0.4 is 10.9 Å². The van der Waals surface area contributed by atoms with Crippen LogP contribution in [0, 0.1) is 5.82 Å². The van der Waals surface area contributed by atoms with Gasteiger partial charge in [-0.2, -0.15) is 0 Å². The van der Waals surface area contributed by atoms with E-state index in [2.05, 4.69) is 10.9 Å². The quantitative estimate of drug-likeness (QED) is 0.706. The van der Waals surface area contributed by atoms with Gasteiger partial charge in [0.1, 0.15) is 5.82 Å². The highest BCUT2D eigenvalue weighted by Gasteiger charge is 2.00. The van der Waals surface area contributed by atoms with E-state index in [0.717, 1.165) is 5.56 Å². The second kappa shape index (κ2) is 5.34. The third-order valence-corrected chi connectivity index (χ3v) is 1.82. The molecule has 0 aliphatic heterocycles. The highest BCUT2D eigenvalue weighted by atomic mass is 19.1. The number of nitrogens with one attached hydrogen (secondary N) is 2. The topological polar surface area (TPSA) is 41.1 Å². The Morgan fingerprint density at radius 3 is 2.57 bits per heavy atom. The summed E-state index contributed by atoms with van der Waals surface area (Å²) in [5.41, 5.74) is 5.97. The summed E-state index contributed by atoms with van der Waals surface area (Å²) in [6.45, 7) is 0.